The van der Waals surface area contributed by atoms with Crippen LogP contribution in [0.1, 0.15) is 64.3 Å². The van der Waals surface area contributed by atoms with Gasteiger partial charge in [0.15, 0.2) is 27.1 Å². The normalized spacial score (nSPS) is 11.5. The number of hydrogen-bond acceptors (Lipinski definition) is 13. The summed E-state index contributed by atoms with van der Waals surface area (Å²) in [5.74, 6) is -5.09. The van der Waals surface area contributed by atoms with E-state index in [1.165, 1.54) is 32.4 Å². The lowest BCUT2D eigenvalue weighted by Crippen LogP contribution is -2.29. The maximum Gasteiger partial charge on any atom is 0.323 e. The number of rotatable bonds is 15. The SMILES string of the molecule is CC(C)c1ccc(-c2ccc3c(=O)c4ccc(Cl)c(Cl)c4n(CC(=O)O)c3c2)cc1.COc1ccc2c(=O)c3ccc(Cl)c(Cl)c3n(CC(=O)O)c2c1.Cc1c(Cl)ccc2c(=O)c3ccccc3n(CC(=O)O)c12.Cc1cc2c(=O)c3ccc(Cl)c(Cl)c3n(CC(=O)O)c2cc1C.Cc1ccc2c(c1C)c(=O)c1ccc(Cl)c(Cl)c1n2CC(=O)O.O=C(O)CN1c2ccccc2Cc2ccc(Cl)c(Cl)c21. The Morgan fingerprint density at radius 1 is 0.314 bits per heavy atom. The summed E-state index contributed by atoms with van der Waals surface area (Å²) in [5.41, 5.74) is 14.8. The van der Waals surface area contributed by atoms with Crippen LogP contribution in [-0.2, 0) is 67.9 Å². The number of methoxy groups -OCH3 is 1. The van der Waals surface area contributed by atoms with Crippen molar-refractivity contribution in [2.75, 3.05) is 18.6 Å². The zero-order valence-electron chi connectivity index (χ0n) is 75.1. The first kappa shape index (κ1) is 103. The summed E-state index contributed by atoms with van der Waals surface area (Å²) in [6, 6.07) is 59.9. The second-order valence-corrected chi connectivity index (χ2v) is 37.4. The molecule has 1 aliphatic heterocycles. The number of anilines is 2. The summed E-state index contributed by atoms with van der Waals surface area (Å²) in [6.45, 7) is 11.9. The number of benzene rings is 13. The number of aliphatic carboxylic acids is 6. The highest BCUT2D eigenvalue weighted by Gasteiger charge is 2.30. The Bertz CT molecular complexity index is 8580. The molecule has 35 heteroatoms. The number of aryl methyl sites for hydroxylation is 5. The van der Waals surface area contributed by atoms with E-state index in [-0.39, 0.29) is 107 Å². The predicted octanol–water partition coefficient (Wildman–Crippen LogP) is 25.5. The molecule has 0 radical (unpaired) electrons. The van der Waals surface area contributed by atoms with Crippen molar-refractivity contribution in [2.45, 2.75) is 93.5 Å². The van der Waals surface area contributed by atoms with Crippen molar-refractivity contribution >= 4 is 284 Å². The van der Waals surface area contributed by atoms with Gasteiger partial charge in [-0.05, 0) is 224 Å². The number of carboxylic acid groups (broad SMARTS) is 6. The van der Waals surface area contributed by atoms with Gasteiger partial charge >= 0.3 is 35.8 Å². The highest BCUT2D eigenvalue weighted by atomic mass is 35.5. The van der Waals surface area contributed by atoms with Crippen molar-refractivity contribution in [3.63, 3.8) is 0 Å². The molecule has 0 amide bonds. The molecule has 0 aliphatic carbocycles. The predicted molar refractivity (Wildman–Crippen MR) is 562 cm³/mol. The summed E-state index contributed by atoms with van der Waals surface area (Å²) in [5, 5.41) is 62.9. The van der Waals surface area contributed by atoms with Gasteiger partial charge in [-0.1, -0.05) is 214 Å². The molecule has 13 aromatic carbocycles. The number of carboxylic acids is 6. The Hall–Kier alpha value is -13.2. The molecular weight excluding hydrogens is 2020 g/mol. The van der Waals surface area contributed by atoms with E-state index in [2.05, 4.69) is 26.0 Å². The average molecular weight is 2100 g/mol. The third kappa shape index (κ3) is 20.5. The van der Waals surface area contributed by atoms with Gasteiger partial charge in [0.1, 0.15) is 45.0 Å². The van der Waals surface area contributed by atoms with Crippen LogP contribution in [0.3, 0.4) is 0 Å². The molecule has 0 unspecified atom stereocenters. The van der Waals surface area contributed by atoms with Gasteiger partial charge in [-0.2, -0.15) is 0 Å². The minimum absolute atomic E-state index is 0.109. The monoisotopic (exact) mass is 2100 g/mol. The van der Waals surface area contributed by atoms with Crippen LogP contribution in [0.4, 0.5) is 11.4 Å². The van der Waals surface area contributed by atoms with Gasteiger partial charge in [0.05, 0.1) is 118 Å². The zero-order chi connectivity index (χ0) is 101. The van der Waals surface area contributed by atoms with Gasteiger partial charge in [0.2, 0.25) is 0 Å². The van der Waals surface area contributed by atoms with E-state index in [1.54, 1.807) is 142 Å². The van der Waals surface area contributed by atoms with Crippen LogP contribution in [-0.4, -0.2) is 103 Å². The first-order chi connectivity index (χ1) is 66.4. The van der Waals surface area contributed by atoms with Crippen LogP contribution < -0.4 is 36.8 Å². The highest BCUT2D eigenvalue weighted by molar-refractivity contribution is 6.48. The maximum atomic E-state index is 13.1. The van der Waals surface area contributed by atoms with Crippen LogP contribution in [0.2, 0.25) is 55.2 Å². The molecule has 0 spiro atoms. The average Bonchev–Trinajstić information content (AvgIpc) is 0.736. The molecule has 24 nitrogen and oxygen atoms in total. The van der Waals surface area contributed by atoms with Gasteiger partial charge in [0.25, 0.3) is 0 Å². The fourth-order valence-corrected chi connectivity index (χ4v) is 19.5. The van der Waals surface area contributed by atoms with Crippen molar-refractivity contribution in [3.8, 4) is 16.9 Å². The van der Waals surface area contributed by atoms with E-state index in [4.69, 9.17) is 137 Å². The Morgan fingerprint density at radius 2 is 0.686 bits per heavy atom. The van der Waals surface area contributed by atoms with Gasteiger partial charge in [0, 0.05) is 77.1 Å². The number of halogens is 11. The topological polar surface area (TPSA) is 346 Å². The minimum atomic E-state index is -1.06. The van der Waals surface area contributed by atoms with Crippen LogP contribution in [0, 0.1) is 34.6 Å². The number of fused-ring (bicyclic) bond motifs is 12. The van der Waals surface area contributed by atoms with E-state index in [9.17, 15) is 78.3 Å². The van der Waals surface area contributed by atoms with E-state index in [0.29, 0.717) is 147 Å². The third-order valence-electron chi connectivity index (χ3n) is 24.1. The largest absolute Gasteiger partial charge is 0.497 e. The lowest BCUT2D eigenvalue weighted by Gasteiger charge is -2.33. The number of ether oxygens (including phenoxy) is 1. The molecular formula is C105H79Cl11N6O18. The van der Waals surface area contributed by atoms with Gasteiger partial charge in [-0.3, -0.25) is 52.7 Å². The van der Waals surface area contributed by atoms with E-state index in [1.807, 2.05) is 94.4 Å². The Balaban J connectivity index is 0.000000134. The first-order valence-corrected chi connectivity index (χ1v) is 46.8. The van der Waals surface area contributed by atoms with Crippen molar-refractivity contribution in [1.29, 1.82) is 0 Å². The maximum absolute atomic E-state index is 13.1. The lowest BCUT2D eigenvalue weighted by molar-refractivity contribution is -0.138. The number of para-hydroxylation sites is 2. The molecule has 18 aromatic rings. The molecule has 0 bridgehead atoms. The lowest BCUT2D eigenvalue weighted by atomic mass is 9.95. The number of pyridine rings is 5. The van der Waals surface area contributed by atoms with E-state index >= 15 is 0 Å². The molecule has 19 rings (SSSR count). The van der Waals surface area contributed by atoms with Gasteiger partial charge in [-0.25, -0.2) is 0 Å². The Kier molecular flexibility index (Phi) is 31.2. The molecule has 6 N–H and O–H groups in total. The fraction of sp³-hybridized carbons (Fsp3) is 0.152. The molecule has 140 heavy (non-hydrogen) atoms. The van der Waals surface area contributed by atoms with Crippen molar-refractivity contribution in [3.05, 3.63) is 357 Å². The molecule has 6 heterocycles. The molecule has 1 aliphatic rings. The number of nitrogens with zero attached hydrogens (tertiary/aromatic N) is 6. The molecule has 714 valence electrons. The molecule has 0 atom stereocenters. The van der Waals surface area contributed by atoms with Crippen LogP contribution in [0.15, 0.2) is 230 Å². The summed E-state index contributed by atoms with van der Waals surface area (Å²) >= 11 is 68.0. The number of hydrogen-bond donors (Lipinski definition) is 6. The molecule has 0 saturated heterocycles. The molecule has 5 aromatic heterocycles. The summed E-state index contributed by atoms with van der Waals surface area (Å²) in [6.07, 6.45) is 0.721. The summed E-state index contributed by atoms with van der Waals surface area (Å²) in [7, 11) is 1.49. The van der Waals surface area contributed by atoms with Crippen molar-refractivity contribution in [1.82, 2.24) is 22.8 Å². The fourth-order valence-electron chi connectivity index (χ4n) is 17.2. The second kappa shape index (κ2) is 42.5. The first-order valence-electron chi connectivity index (χ1n) is 42.6. The minimum Gasteiger partial charge on any atom is -0.497 e. The summed E-state index contributed by atoms with van der Waals surface area (Å²) in [4.78, 5) is 134. The third-order valence-corrected chi connectivity index (χ3v) is 28.4. The van der Waals surface area contributed by atoms with Crippen LogP contribution in [0.25, 0.3) is 120 Å². The zero-order valence-corrected chi connectivity index (χ0v) is 83.4. The van der Waals surface area contributed by atoms with Crippen molar-refractivity contribution < 1.29 is 64.1 Å². The molecule has 0 fully saturated rings. The van der Waals surface area contributed by atoms with Gasteiger partial charge in [-0.15, -0.1) is 0 Å². The smallest absolute Gasteiger partial charge is 0.323 e. The summed E-state index contributed by atoms with van der Waals surface area (Å²) < 4.78 is 12.9. The quantitative estimate of drug-likeness (QED) is 0.0519. The van der Waals surface area contributed by atoms with Crippen molar-refractivity contribution in [2.24, 2.45) is 0 Å². The highest BCUT2D eigenvalue weighted by Crippen LogP contribution is 2.46. The standard InChI is InChI=1S/C24H19Cl2NO3.2C17H13Cl2NO3.C16H11Cl2NO4.C16H12ClNO3.C15H11Cl2NO2/c1-13(2)14-3-5-15(6-4-14)16-7-8-17-20(11-16)27(12-21(28)29)23-18(24(17)30)9-10-19(25)22(23)26;1-8-3-6-12-14(9(8)2)17(23)10-4-5-11(18)15(19)16(10)20(12)7-13(21)22;1-8-5-11-13(6-9(8)2)20(7-14(21)22)16-10(17(11)23)3-4-12(18)15(16)19;1-23-8-2-3-9-12(6-8)19(7-13(20)21)15-10(16(9)22)4-5-11(17)14(15)18;1-9-12(17)7-6-11-15(9)18(8-14(19)20)13-5-3-2-4-10(13)16(11)21;16-11-6-5-10-7-9-3-1-2-4-12(9)18(8-13(19)20)15(10)14(11)17/h3-11,13H,12H2,1-2H3,(H,28,29);2*3-6H,7H2,1-2H3,(H,21,22);2-6H,7H2,1H3,(H,20,21);2-7H,8H2,1H3,(H,19,20);1-6H,7-8H2,(H,19,20). The second-order valence-electron chi connectivity index (χ2n) is 33.1. The number of carbonyl (C=O) groups is 6. The Labute approximate surface area is 850 Å². The van der Waals surface area contributed by atoms with E-state index in [0.717, 1.165) is 56.6 Å². The Morgan fingerprint density at radius 3 is 1.16 bits per heavy atom. The van der Waals surface area contributed by atoms with Gasteiger partial charge < -0.3 is 63.1 Å². The number of aromatic nitrogens is 5. The molecule has 0 saturated carbocycles. The van der Waals surface area contributed by atoms with Crippen LogP contribution in [0.5, 0.6) is 5.75 Å². The van der Waals surface area contributed by atoms with E-state index < -0.39 is 35.8 Å². The van der Waals surface area contributed by atoms with Crippen LogP contribution >= 0.6 is 128 Å².